The second-order valence-electron chi connectivity index (χ2n) is 5.98. The maximum atomic E-state index is 12.0. The van der Waals surface area contributed by atoms with Crippen molar-refractivity contribution < 1.29 is 9.53 Å². The van der Waals surface area contributed by atoms with Crippen LogP contribution >= 0.6 is 0 Å². The Kier molecular flexibility index (Phi) is 3.68. The first-order valence-electron chi connectivity index (χ1n) is 6.63. The third kappa shape index (κ3) is 3.62. The van der Waals surface area contributed by atoms with E-state index in [1.165, 1.54) is 0 Å². The summed E-state index contributed by atoms with van der Waals surface area (Å²) in [5.41, 5.74) is 5.86. The van der Waals surface area contributed by atoms with Crippen LogP contribution < -0.4 is 5.73 Å². The highest BCUT2D eigenvalue weighted by molar-refractivity contribution is 5.68. The van der Waals surface area contributed by atoms with Gasteiger partial charge in [0.2, 0.25) is 0 Å². The SMILES string of the molecule is CC(C)(C)OC(=O)N1CCCC(n2cc(N)cn2)C1. The van der Waals surface area contributed by atoms with E-state index < -0.39 is 5.60 Å². The van der Waals surface area contributed by atoms with Crippen molar-refractivity contribution in [1.29, 1.82) is 0 Å². The van der Waals surface area contributed by atoms with Gasteiger partial charge in [-0.05, 0) is 33.6 Å². The van der Waals surface area contributed by atoms with E-state index in [0.29, 0.717) is 12.2 Å². The fraction of sp³-hybridized carbons (Fsp3) is 0.692. The number of nitrogens with two attached hydrogens (primary N) is 1. The van der Waals surface area contributed by atoms with E-state index in [2.05, 4.69) is 5.10 Å². The summed E-state index contributed by atoms with van der Waals surface area (Å²) in [5.74, 6) is 0. The minimum Gasteiger partial charge on any atom is -0.444 e. The molecule has 1 aromatic heterocycles. The molecule has 2 heterocycles. The summed E-state index contributed by atoms with van der Waals surface area (Å²) in [6, 6.07) is 0.179. The minimum atomic E-state index is -0.458. The first-order chi connectivity index (χ1) is 8.85. The van der Waals surface area contributed by atoms with Crippen LogP contribution in [-0.4, -0.2) is 39.5 Å². The Balaban J connectivity index is 1.99. The fourth-order valence-corrected chi connectivity index (χ4v) is 2.22. The smallest absolute Gasteiger partial charge is 0.410 e. The van der Waals surface area contributed by atoms with Crippen molar-refractivity contribution in [2.24, 2.45) is 0 Å². The first kappa shape index (κ1) is 13.7. The van der Waals surface area contributed by atoms with Crippen molar-refractivity contribution in [2.45, 2.75) is 45.3 Å². The maximum Gasteiger partial charge on any atom is 0.410 e. The number of hydrogen-bond acceptors (Lipinski definition) is 4. The molecule has 0 bridgehead atoms. The Bertz CT molecular complexity index is 450. The number of carbonyl (C=O) groups excluding carboxylic acids is 1. The molecule has 0 radical (unpaired) electrons. The van der Waals surface area contributed by atoms with E-state index in [1.54, 1.807) is 11.1 Å². The summed E-state index contributed by atoms with van der Waals surface area (Å²) in [7, 11) is 0. The molecule has 6 heteroatoms. The van der Waals surface area contributed by atoms with Crippen LogP contribution in [0.2, 0.25) is 0 Å². The summed E-state index contributed by atoms with van der Waals surface area (Å²) in [6.07, 6.45) is 5.14. The van der Waals surface area contributed by atoms with Gasteiger partial charge in [-0.2, -0.15) is 5.10 Å². The van der Waals surface area contributed by atoms with Crippen molar-refractivity contribution in [1.82, 2.24) is 14.7 Å². The summed E-state index contributed by atoms with van der Waals surface area (Å²) < 4.78 is 7.24. The predicted octanol–water partition coefficient (Wildman–Crippen LogP) is 2.04. The van der Waals surface area contributed by atoms with Gasteiger partial charge in [0, 0.05) is 19.3 Å². The zero-order valence-electron chi connectivity index (χ0n) is 11.8. The highest BCUT2D eigenvalue weighted by Crippen LogP contribution is 2.23. The lowest BCUT2D eigenvalue weighted by atomic mass is 10.1. The average Bonchev–Trinajstić information content (AvgIpc) is 2.74. The van der Waals surface area contributed by atoms with Crippen molar-refractivity contribution in [3.8, 4) is 0 Å². The van der Waals surface area contributed by atoms with Gasteiger partial charge in [-0.25, -0.2) is 4.79 Å². The normalized spacial score (nSPS) is 20.4. The number of likely N-dealkylation sites (tertiary alicyclic amines) is 1. The molecular weight excluding hydrogens is 244 g/mol. The summed E-state index contributed by atoms with van der Waals surface area (Å²) >= 11 is 0. The number of nitrogen functional groups attached to an aromatic ring is 1. The maximum absolute atomic E-state index is 12.0. The molecule has 1 aliphatic heterocycles. The minimum absolute atomic E-state index is 0.179. The molecule has 0 saturated carbocycles. The Morgan fingerprint density at radius 1 is 1.53 bits per heavy atom. The van der Waals surface area contributed by atoms with Gasteiger partial charge in [0.25, 0.3) is 0 Å². The van der Waals surface area contributed by atoms with Gasteiger partial charge in [-0.1, -0.05) is 0 Å². The summed E-state index contributed by atoms with van der Waals surface area (Å²) in [5, 5.41) is 4.22. The number of carbonyl (C=O) groups is 1. The molecule has 19 heavy (non-hydrogen) atoms. The largest absolute Gasteiger partial charge is 0.444 e. The number of ether oxygens (including phenoxy) is 1. The van der Waals surface area contributed by atoms with Gasteiger partial charge < -0.3 is 15.4 Å². The third-order valence-corrected chi connectivity index (χ3v) is 3.04. The van der Waals surface area contributed by atoms with E-state index in [9.17, 15) is 4.79 Å². The van der Waals surface area contributed by atoms with E-state index >= 15 is 0 Å². The van der Waals surface area contributed by atoms with Crippen LogP contribution in [0.25, 0.3) is 0 Å². The van der Waals surface area contributed by atoms with Crippen LogP contribution in [0.4, 0.5) is 10.5 Å². The van der Waals surface area contributed by atoms with Gasteiger partial charge in [-0.3, -0.25) is 4.68 Å². The van der Waals surface area contributed by atoms with Crippen molar-refractivity contribution >= 4 is 11.8 Å². The van der Waals surface area contributed by atoms with Crippen LogP contribution in [0.15, 0.2) is 12.4 Å². The molecule has 1 amide bonds. The van der Waals surface area contributed by atoms with E-state index in [4.69, 9.17) is 10.5 Å². The highest BCUT2D eigenvalue weighted by atomic mass is 16.6. The zero-order valence-corrected chi connectivity index (χ0v) is 11.8. The van der Waals surface area contributed by atoms with E-state index in [1.807, 2.05) is 31.6 Å². The molecule has 106 valence electrons. The Morgan fingerprint density at radius 3 is 2.84 bits per heavy atom. The molecular formula is C13H22N4O2. The lowest BCUT2D eigenvalue weighted by Gasteiger charge is -2.34. The second-order valence-corrected chi connectivity index (χ2v) is 5.98. The van der Waals surface area contributed by atoms with Gasteiger partial charge in [0.15, 0.2) is 0 Å². The molecule has 2 rings (SSSR count). The Morgan fingerprint density at radius 2 is 2.26 bits per heavy atom. The molecule has 1 atom stereocenters. The molecule has 1 fully saturated rings. The number of nitrogens with zero attached hydrogens (tertiary/aromatic N) is 3. The van der Waals surface area contributed by atoms with Crippen molar-refractivity contribution in [2.75, 3.05) is 18.8 Å². The van der Waals surface area contributed by atoms with Gasteiger partial charge >= 0.3 is 6.09 Å². The lowest BCUT2D eigenvalue weighted by molar-refractivity contribution is 0.0167. The van der Waals surface area contributed by atoms with Crippen LogP contribution in [0.5, 0.6) is 0 Å². The van der Waals surface area contributed by atoms with Crippen molar-refractivity contribution in [3.05, 3.63) is 12.4 Å². The summed E-state index contributed by atoms with van der Waals surface area (Å²) in [4.78, 5) is 13.8. The third-order valence-electron chi connectivity index (χ3n) is 3.04. The molecule has 0 aliphatic carbocycles. The molecule has 1 saturated heterocycles. The number of amides is 1. The van der Waals surface area contributed by atoms with E-state index in [0.717, 1.165) is 19.4 Å². The number of anilines is 1. The monoisotopic (exact) mass is 266 g/mol. The van der Waals surface area contributed by atoms with Gasteiger partial charge in [-0.15, -0.1) is 0 Å². The van der Waals surface area contributed by atoms with Gasteiger partial charge in [0.1, 0.15) is 5.60 Å². The Hall–Kier alpha value is -1.72. The van der Waals surface area contributed by atoms with Crippen LogP contribution in [0.1, 0.15) is 39.7 Å². The molecule has 6 nitrogen and oxygen atoms in total. The molecule has 1 aromatic rings. The predicted molar refractivity (Wildman–Crippen MR) is 72.7 cm³/mol. The second kappa shape index (κ2) is 5.11. The van der Waals surface area contributed by atoms with Gasteiger partial charge in [0.05, 0.1) is 17.9 Å². The van der Waals surface area contributed by atoms with Crippen LogP contribution in [0, 0.1) is 0 Å². The molecule has 2 N–H and O–H groups in total. The highest BCUT2D eigenvalue weighted by Gasteiger charge is 2.28. The van der Waals surface area contributed by atoms with E-state index in [-0.39, 0.29) is 12.1 Å². The molecule has 1 unspecified atom stereocenters. The topological polar surface area (TPSA) is 73.4 Å². The zero-order chi connectivity index (χ0) is 14.0. The molecule has 1 aliphatic rings. The summed E-state index contributed by atoms with van der Waals surface area (Å²) in [6.45, 7) is 6.99. The number of hydrogen-bond donors (Lipinski definition) is 1. The first-order valence-corrected chi connectivity index (χ1v) is 6.63. The molecule has 0 spiro atoms. The lowest BCUT2D eigenvalue weighted by Crippen LogP contribution is -2.43. The van der Waals surface area contributed by atoms with Crippen LogP contribution in [-0.2, 0) is 4.74 Å². The average molecular weight is 266 g/mol. The number of piperidine rings is 1. The number of aromatic nitrogens is 2. The van der Waals surface area contributed by atoms with Crippen LogP contribution in [0.3, 0.4) is 0 Å². The quantitative estimate of drug-likeness (QED) is 0.844. The number of rotatable bonds is 1. The Labute approximate surface area is 113 Å². The fourth-order valence-electron chi connectivity index (χ4n) is 2.22. The standard InChI is InChI=1S/C13H22N4O2/c1-13(2,3)19-12(18)16-6-4-5-11(9-16)17-8-10(14)7-15-17/h7-8,11H,4-6,9,14H2,1-3H3. The molecule has 0 aromatic carbocycles. The van der Waals surface area contributed by atoms with Crippen molar-refractivity contribution in [3.63, 3.8) is 0 Å².